The van der Waals surface area contributed by atoms with E-state index < -0.39 is 148 Å². The van der Waals surface area contributed by atoms with Crippen molar-refractivity contribution in [3.8, 4) is 33.4 Å². The van der Waals surface area contributed by atoms with E-state index in [1.807, 2.05) is 0 Å². The molecule has 0 aromatic heterocycles. The van der Waals surface area contributed by atoms with Gasteiger partial charge >= 0.3 is 0 Å². The van der Waals surface area contributed by atoms with Crippen LogP contribution in [0.25, 0.3) is 76.5 Å². The van der Waals surface area contributed by atoms with Gasteiger partial charge in [-0.25, -0.2) is 0 Å². The molecule has 0 bridgehead atoms. The average Bonchev–Trinajstić information content (AvgIpc) is 3.22. The fourth-order valence-electron chi connectivity index (χ4n) is 5.15. The Bertz CT molecular complexity index is 3140. The number of rotatable bonds is 3. The second-order valence-electron chi connectivity index (χ2n) is 9.03. The lowest BCUT2D eigenvalue weighted by Gasteiger charge is -2.19. The van der Waals surface area contributed by atoms with Crippen LogP contribution in [0.2, 0.25) is 0 Å². The molecule has 0 unspecified atom stereocenters. The lowest BCUT2D eigenvalue weighted by atomic mass is 9.84. The minimum Gasteiger partial charge on any atom is -0.0616 e. The zero-order valence-electron chi connectivity index (χ0n) is 39.5. The number of hydrogen-bond acceptors (Lipinski definition) is 0. The van der Waals surface area contributed by atoms with Crippen molar-refractivity contribution < 1.29 is 26.0 Å². The van der Waals surface area contributed by atoms with E-state index in [1.54, 1.807) is 42.5 Å². The van der Waals surface area contributed by atoms with Crippen LogP contribution in [-0.2, 0) is 0 Å². The Kier molecular flexibility index (Phi) is 2.48. The third kappa shape index (κ3) is 3.54. The normalized spacial score (nSPS) is 18.1. The molecule has 0 heterocycles. The van der Waals surface area contributed by atoms with Crippen molar-refractivity contribution in [2.24, 2.45) is 0 Å². The molecule has 0 nitrogen and oxygen atoms in total. The summed E-state index contributed by atoms with van der Waals surface area (Å²) >= 11 is 0. The topological polar surface area (TPSA) is 0 Å². The monoisotopic (exact) mass is 525 g/mol. The molecule has 0 aliphatic carbocycles. The van der Waals surface area contributed by atoms with Crippen LogP contribution in [-0.4, -0.2) is 0 Å². The molecule has 0 radical (unpaired) electrons. The van der Waals surface area contributed by atoms with Crippen LogP contribution < -0.4 is 0 Å². The van der Waals surface area contributed by atoms with Gasteiger partial charge in [-0.05, 0) is 76.5 Å². The molecule has 0 aliphatic heterocycles. The molecule has 0 heteroatoms. The van der Waals surface area contributed by atoms with Crippen molar-refractivity contribution in [3.05, 3.63) is 157 Å². The van der Waals surface area contributed by atoms with Gasteiger partial charge in [0.15, 0.2) is 0 Å². The summed E-state index contributed by atoms with van der Waals surface area (Å²) in [4.78, 5) is 0. The molecule has 0 amide bonds. The Hall–Kier alpha value is -5.20. The van der Waals surface area contributed by atoms with Crippen LogP contribution >= 0.6 is 0 Å². The maximum absolute atomic E-state index is 9.45. The number of fused-ring (bicyclic) bond motifs is 4. The van der Waals surface area contributed by atoms with E-state index in [1.165, 1.54) is 0 Å². The quantitative estimate of drug-likeness (QED) is 0.201. The molecule has 8 rings (SSSR count). The lowest BCUT2D eigenvalue weighted by molar-refractivity contribution is 1.63. The van der Waals surface area contributed by atoms with Gasteiger partial charge in [-0.3, -0.25) is 0 Å². The van der Waals surface area contributed by atoms with E-state index in [2.05, 4.69) is 0 Å². The molecular formula is C40H26. The molecule has 8 aromatic rings. The van der Waals surface area contributed by atoms with Crippen LogP contribution in [0.3, 0.4) is 0 Å². The fraction of sp³-hybridized carbons (Fsp3) is 0. The second kappa shape index (κ2) is 9.22. The predicted octanol–water partition coefficient (Wildman–Crippen LogP) is 11.3. The average molecular weight is 526 g/mol. The van der Waals surface area contributed by atoms with Crippen molar-refractivity contribution in [1.82, 2.24) is 0 Å². The zero-order chi connectivity index (χ0) is 43.0. The summed E-state index contributed by atoms with van der Waals surface area (Å²) in [5, 5.41) is -0.872. The largest absolute Gasteiger partial charge is 0.0629 e. The fourth-order valence-corrected chi connectivity index (χ4v) is 5.15. The van der Waals surface area contributed by atoms with Crippen molar-refractivity contribution in [2.45, 2.75) is 0 Å². The Morgan fingerprint density at radius 1 is 0.325 bits per heavy atom. The van der Waals surface area contributed by atoms with Gasteiger partial charge in [0, 0.05) is 0 Å². The highest BCUT2D eigenvalue weighted by atomic mass is 14.2. The first kappa shape index (κ1) is 10.8. The first-order chi connectivity index (χ1) is 27.8. The molecule has 0 aliphatic rings. The van der Waals surface area contributed by atoms with Crippen LogP contribution in [0, 0.1) is 0 Å². The van der Waals surface area contributed by atoms with E-state index >= 15 is 0 Å². The van der Waals surface area contributed by atoms with Crippen LogP contribution in [0.1, 0.15) is 26.0 Å². The Morgan fingerprint density at radius 3 is 1.60 bits per heavy atom. The van der Waals surface area contributed by atoms with Gasteiger partial charge < -0.3 is 0 Å². The van der Waals surface area contributed by atoms with E-state index in [-0.39, 0.29) is 27.1 Å². The minimum absolute atomic E-state index is 0.0133. The lowest BCUT2D eigenvalue weighted by Crippen LogP contribution is -1.91. The Morgan fingerprint density at radius 2 is 0.875 bits per heavy atom. The molecule has 0 atom stereocenters. The van der Waals surface area contributed by atoms with Gasteiger partial charge in [0.05, 0.1) is 26.0 Å². The van der Waals surface area contributed by atoms with Gasteiger partial charge in [0.2, 0.25) is 0 Å². The third-order valence-electron chi connectivity index (χ3n) is 6.87. The summed E-state index contributed by atoms with van der Waals surface area (Å²) in [6.45, 7) is 0. The summed E-state index contributed by atoms with van der Waals surface area (Å²) < 4.78 is 169. The maximum atomic E-state index is 9.45. The highest BCUT2D eigenvalue weighted by Crippen LogP contribution is 2.45. The predicted molar refractivity (Wildman–Crippen MR) is 173 cm³/mol. The molecule has 8 aromatic carbocycles. The molecule has 0 fully saturated rings. The number of benzene rings is 8. The minimum atomic E-state index is -0.901. The van der Waals surface area contributed by atoms with Gasteiger partial charge in [0.1, 0.15) is 0 Å². The summed E-state index contributed by atoms with van der Waals surface area (Å²) in [7, 11) is 0. The summed E-state index contributed by atoms with van der Waals surface area (Å²) in [6, 6.07) is -2.25. The van der Waals surface area contributed by atoms with E-state index in [4.69, 9.17) is 15.1 Å². The molecule has 40 heavy (non-hydrogen) atoms. The standard InChI is InChI=1S/C40H26/c1-3-15-31-27(11-1)13-9-21-32(31)29-23-25-30(26-24-29)39-35-17-5-7-19-37(35)40(38-20-8-6-18-36(38)39)34-22-10-14-28-12-2-4-16-33(28)34/h1-26H/i1D,3D,5D,6D,7D,8D,9D,11D,13D,15D,17D,18D,19D,20D,21D,23D,24D,25D,26D. The highest BCUT2D eigenvalue weighted by molar-refractivity contribution is 6.23. The maximum Gasteiger partial charge on any atom is 0.0629 e. The summed E-state index contributed by atoms with van der Waals surface area (Å²) in [5.41, 5.74) is -1.97. The van der Waals surface area contributed by atoms with Crippen molar-refractivity contribution in [3.63, 3.8) is 0 Å². The van der Waals surface area contributed by atoms with E-state index in [0.717, 1.165) is 0 Å². The van der Waals surface area contributed by atoms with Crippen LogP contribution in [0.5, 0.6) is 0 Å². The molecule has 0 N–H and O–H groups in total. The van der Waals surface area contributed by atoms with Crippen LogP contribution in [0.15, 0.2) is 157 Å². The van der Waals surface area contributed by atoms with Gasteiger partial charge in [-0.1, -0.05) is 157 Å². The Balaban J connectivity index is 1.66. The first-order valence-corrected chi connectivity index (χ1v) is 12.3. The molecule has 0 spiro atoms. The smallest absolute Gasteiger partial charge is 0.0616 e. The Labute approximate surface area is 260 Å². The van der Waals surface area contributed by atoms with Crippen molar-refractivity contribution >= 4 is 43.1 Å². The third-order valence-corrected chi connectivity index (χ3v) is 6.87. The molecule has 0 saturated carbocycles. The van der Waals surface area contributed by atoms with E-state index in [0.29, 0.717) is 16.3 Å². The van der Waals surface area contributed by atoms with Gasteiger partial charge in [-0.15, -0.1) is 0 Å². The molecule has 186 valence electrons. The van der Waals surface area contributed by atoms with Crippen molar-refractivity contribution in [2.75, 3.05) is 0 Å². The van der Waals surface area contributed by atoms with E-state index in [9.17, 15) is 11.0 Å². The summed E-state index contributed by atoms with van der Waals surface area (Å²) in [5.74, 6) is 0. The first-order valence-electron chi connectivity index (χ1n) is 21.8. The van der Waals surface area contributed by atoms with Crippen LogP contribution in [0.4, 0.5) is 0 Å². The molecular weight excluding hydrogens is 480 g/mol. The van der Waals surface area contributed by atoms with Crippen molar-refractivity contribution in [1.29, 1.82) is 0 Å². The highest BCUT2D eigenvalue weighted by Gasteiger charge is 2.17. The SMILES string of the molecule is [2H]c1c([2H])c(-c2c3c([2H])c([2H])c([2H])c([2H])c3c(-c3cccc4ccccc34)c3c([2H])c([2H])c([2H])c([2H])c23)c([2H])c([2H])c1-c1c([2H])c([2H])c([2H])c2c([2H])c([2H])c([2H])c([2H])c12. The zero-order valence-corrected chi connectivity index (χ0v) is 20.5. The molecule has 0 saturated heterocycles. The second-order valence-corrected chi connectivity index (χ2v) is 9.03. The number of hydrogen-bond donors (Lipinski definition) is 0. The van der Waals surface area contributed by atoms with Gasteiger partial charge in [0.25, 0.3) is 0 Å². The van der Waals surface area contributed by atoms with Gasteiger partial charge in [-0.2, -0.15) is 0 Å². The summed E-state index contributed by atoms with van der Waals surface area (Å²) in [6.07, 6.45) is 0.